The molecule has 1 aliphatic rings. The van der Waals surface area contributed by atoms with Gasteiger partial charge in [0, 0.05) is 42.3 Å². The van der Waals surface area contributed by atoms with Crippen LogP contribution in [-0.2, 0) is 5.41 Å². The number of hydrogen-bond acceptors (Lipinski definition) is 2. The molecule has 0 saturated heterocycles. The van der Waals surface area contributed by atoms with Gasteiger partial charge in [-0.3, -0.25) is 0 Å². The van der Waals surface area contributed by atoms with Gasteiger partial charge in [0.25, 0.3) is 0 Å². The van der Waals surface area contributed by atoms with Crippen molar-refractivity contribution in [2.24, 2.45) is 0 Å². The summed E-state index contributed by atoms with van der Waals surface area (Å²) in [6, 6.07) is 89.3. The molecule has 10 aromatic rings. The molecule has 0 radical (unpaired) electrons. The van der Waals surface area contributed by atoms with Gasteiger partial charge in [0.05, 0.1) is 11.1 Å². The minimum Gasteiger partial charge on any atom is -0.309 e. The Balaban J connectivity index is 1.28. The van der Waals surface area contributed by atoms with Gasteiger partial charge in [0.15, 0.2) is 0 Å². The van der Waals surface area contributed by atoms with Gasteiger partial charge in [-0.05, 0) is 122 Å². The van der Waals surface area contributed by atoms with Crippen molar-refractivity contribution in [1.82, 2.24) is 0 Å². The summed E-state index contributed by atoms with van der Waals surface area (Å²) < 4.78 is 0. The molecule has 0 amide bonds. The van der Waals surface area contributed by atoms with Gasteiger partial charge in [-0.15, -0.1) is 0 Å². The first-order chi connectivity index (χ1) is 32.0. The van der Waals surface area contributed by atoms with E-state index in [2.05, 4.69) is 223 Å². The molecule has 0 bridgehead atoms. The second kappa shape index (κ2) is 17.5. The zero-order valence-electron chi connectivity index (χ0n) is 35.3. The molecule has 310 valence electrons. The van der Waals surface area contributed by atoms with Gasteiger partial charge < -0.3 is 4.90 Å². The van der Waals surface area contributed by atoms with E-state index in [9.17, 15) is 0 Å². The van der Waals surface area contributed by atoms with E-state index < -0.39 is 5.41 Å². The lowest BCUT2D eigenvalue weighted by atomic mass is 9.67. The highest BCUT2D eigenvalue weighted by molar-refractivity contribution is 7.99. The van der Waals surface area contributed by atoms with Crippen molar-refractivity contribution in [3.63, 3.8) is 0 Å². The summed E-state index contributed by atoms with van der Waals surface area (Å²) in [5, 5.41) is 1.35. The first-order valence-electron chi connectivity index (χ1n) is 21.8. The summed E-state index contributed by atoms with van der Waals surface area (Å²) >= 11 is 15.5. The normalized spacial score (nSPS) is 12.3. The molecule has 0 fully saturated rings. The Morgan fingerprint density at radius 2 is 0.831 bits per heavy atom. The molecule has 1 nitrogen and oxygen atoms in total. The van der Waals surface area contributed by atoms with Gasteiger partial charge in [0.2, 0.25) is 0 Å². The van der Waals surface area contributed by atoms with Gasteiger partial charge in [-0.1, -0.05) is 217 Å². The van der Waals surface area contributed by atoms with Crippen LogP contribution in [0, 0.1) is 0 Å². The molecular formula is C61H41Cl2NS. The second-order valence-corrected chi connectivity index (χ2v) is 18.3. The van der Waals surface area contributed by atoms with Crippen molar-refractivity contribution in [2.45, 2.75) is 15.2 Å². The smallest absolute Gasteiger partial charge is 0.0714 e. The fourth-order valence-electron chi connectivity index (χ4n) is 9.74. The maximum Gasteiger partial charge on any atom is 0.0714 e. The minimum absolute atomic E-state index is 0.653. The topological polar surface area (TPSA) is 3.24 Å². The molecule has 4 heteroatoms. The predicted octanol–water partition coefficient (Wildman–Crippen LogP) is 18.0. The van der Waals surface area contributed by atoms with Gasteiger partial charge in [0.1, 0.15) is 0 Å². The maximum absolute atomic E-state index is 7.04. The largest absolute Gasteiger partial charge is 0.309 e. The van der Waals surface area contributed by atoms with Crippen molar-refractivity contribution in [1.29, 1.82) is 0 Å². The fourth-order valence-corrected chi connectivity index (χ4v) is 11.1. The molecule has 0 unspecified atom stereocenters. The Hall–Kier alpha value is -7.07. The molecule has 65 heavy (non-hydrogen) atoms. The number of benzene rings is 10. The van der Waals surface area contributed by atoms with E-state index in [1.807, 2.05) is 30.3 Å². The highest BCUT2D eigenvalue weighted by atomic mass is 35.5. The second-order valence-electron chi connectivity index (χ2n) is 16.3. The summed E-state index contributed by atoms with van der Waals surface area (Å²) in [4.78, 5) is 4.56. The van der Waals surface area contributed by atoms with Crippen LogP contribution in [0.25, 0.3) is 44.5 Å². The summed E-state index contributed by atoms with van der Waals surface area (Å²) in [5.74, 6) is 0. The van der Waals surface area contributed by atoms with Crippen LogP contribution < -0.4 is 4.90 Å². The number of rotatable bonds is 10. The maximum atomic E-state index is 7.04. The highest BCUT2D eigenvalue weighted by Crippen LogP contribution is 2.58. The Morgan fingerprint density at radius 1 is 0.323 bits per heavy atom. The zero-order chi connectivity index (χ0) is 43.7. The molecule has 11 rings (SSSR count). The standard InChI is InChI=1S/C61H41Cl2NS/c62-48-27-17-29-50(39-48)64(60-56(43-21-7-2-8-22-43)35-45(42-19-5-1-6-20-42)36-57(60)44-23-9-3-10-24-44)51-37-47(38-53(41-51)65-52-30-18-28-49(63)40-52)61(46-25-11-4-12-26-46)58-33-15-13-31-54(58)55-32-14-16-34-59(55)61/h1-41H. The third-order valence-electron chi connectivity index (χ3n) is 12.5. The lowest BCUT2D eigenvalue weighted by Crippen LogP contribution is -2.29. The summed E-state index contributed by atoms with van der Waals surface area (Å²) in [5.41, 5.74) is 16.3. The first-order valence-corrected chi connectivity index (χ1v) is 23.4. The lowest BCUT2D eigenvalue weighted by Gasteiger charge is -2.36. The average Bonchev–Trinajstić information content (AvgIpc) is 3.66. The molecule has 0 saturated carbocycles. The fraction of sp³-hybridized carbons (Fsp3) is 0.0164. The van der Waals surface area contributed by atoms with E-state index in [0.29, 0.717) is 10.0 Å². The van der Waals surface area contributed by atoms with Crippen LogP contribution >= 0.6 is 35.0 Å². The van der Waals surface area contributed by atoms with E-state index >= 15 is 0 Å². The molecule has 1 aliphatic carbocycles. The van der Waals surface area contributed by atoms with E-state index in [4.69, 9.17) is 23.2 Å². The first kappa shape index (κ1) is 40.7. The van der Waals surface area contributed by atoms with Gasteiger partial charge >= 0.3 is 0 Å². The van der Waals surface area contributed by atoms with Crippen LogP contribution in [0.4, 0.5) is 17.1 Å². The van der Waals surface area contributed by atoms with Crippen LogP contribution in [0.3, 0.4) is 0 Å². The summed E-state index contributed by atoms with van der Waals surface area (Å²) in [6.07, 6.45) is 0. The number of nitrogens with zero attached hydrogens (tertiary/aromatic N) is 1. The SMILES string of the molecule is Clc1cccc(Sc2cc(N(c3cccc(Cl)c3)c3c(-c4ccccc4)cc(-c4ccccc4)cc3-c3ccccc3)cc(C3(c4ccccc4)c4ccccc4-c4ccccc43)c2)c1. The molecule has 0 atom stereocenters. The Morgan fingerprint density at radius 3 is 1.40 bits per heavy atom. The number of anilines is 3. The van der Waals surface area contributed by atoms with Crippen molar-refractivity contribution >= 4 is 52.0 Å². The number of fused-ring (bicyclic) bond motifs is 3. The van der Waals surface area contributed by atoms with Crippen LogP contribution in [0.15, 0.2) is 259 Å². The Kier molecular flexibility index (Phi) is 10.9. The minimum atomic E-state index is -0.657. The van der Waals surface area contributed by atoms with E-state index in [0.717, 1.165) is 65.8 Å². The molecule has 0 N–H and O–H groups in total. The Bertz CT molecular complexity index is 3210. The molecule has 0 aliphatic heterocycles. The quantitative estimate of drug-likeness (QED) is 0.135. The van der Waals surface area contributed by atoms with Crippen LogP contribution in [0.1, 0.15) is 22.3 Å². The summed E-state index contributed by atoms with van der Waals surface area (Å²) in [7, 11) is 0. The third kappa shape index (κ3) is 7.54. The Labute approximate surface area is 395 Å². The lowest BCUT2D eigenvalue weighted by molar-refractivity contribution is 0.765. The molecule has 0 aromatic heterocycles. The van der Waals surface area contributed by atoms with Gasteiger partial charge in [-0.2, -0.15) is 0 Å². The van der Waals surface area contributed by atoms with E-state index in [1.165, 1.54) is 27.8 Å². The van der Waals surface area contributed by atoms with Crippen molar-refractivity contribution in [3.05, 3.63) is 281 Å². The average molecular weight is 891 g/mol. The van der Waals surface area contributed by atoms with E-state index in [-0.39, 0.29) is 0 Å². The molecular weight excluding hydrogens is 850 g/mol. The van der Waals surface area contributed by atoms with Crippen LogP contribution in [-0.4, -0.2) is 0 Å². The molecule has 10 aromatic carbocycles. The van der Waals surface area contributed by atoms with Gasteiger partial charge in [-0.25, -0.2) is 0 Å². The monoisotopic (exact) mass is 889 g/mol. The van der Waals surface area contributed by atoms with Crippen molar-refractivity contribution < 1.29 is 0 Å². The van der Waals surface area contributed by atoms with Crippen LogP contribution in [0.2, 0.25) is 10.0 Å². The molecule has 0 heterocycles. The van der Waals surface area contributed by atoms with E-state index in [1.54, 1.807) is 11.8 Å². The third-order valence-corrected chi connectivity index (χ3v) is 13.9. The predicted molar refractivity (Wildman–Crippen MR) is 275 cm³/mol. The number of hydrogen-bond donors (Lipinski definition) is 0. The highest BCUT2D eigenvalue weighted by Gasteiger charge is 2.46. The van der Waals surface area contributed by atoms with Crippen molar-refractivity contribution in [3.8, 4) is 44.5 Å². The zero-order valence-corrected chi connectivity index (χ0v) is 37.6. The number of halogens is 2. The van der Waals surface area contributed by atoms with Crippen LogP contribution in [0.5, 0.6) is 0 Å². The summed E-state index contributed by atoms with van der Waals surface area (Å²) in [6.45, 7) is 0. The molecule has 0 spiro atoms. The van der Waals surface area contributed by atoms with Crippen molar-refractivity contribution in [2.75, 3.05) is 4.90 Å².